The lowest BCUT2D eigenvalue weighted by molar-refractivity contribution is -0.152. The molecule has 0 radical (unpaired) electrons. The lowest BCUT2D eigenvalue weighted by Crippen LogP contribution is -2.25. The van der Waals surface area contributed by atoms with Gasteiger partial charge in [-0.05, 0) is 13.3 Å². The van der Waals surface area contributed by atoms with Crippen molar-refractivity contribution in [1.82, 2.24) is 0 Å². The summed E-state index contributed by atoms with van der Waals surface area (Å²) in [6.07, 6.45) is 7.59. The first-order chi connectivity index (χ1) is 7.24. The van der Waals surface area contributed by atoms with Crippen molar-refractivity contribution >= 4 is 5.97 Å². The van der Waals surface area contributed by atoms with E-state index < -0.39 is 12.1 Å². The van der Waals surface area contributed by atoms with Crippen LogP contribution in [0, 0.1) is 0 Å². The number of ether oxygens (including phenoxy) is 1. The highest BCUT2D eigenvalue weighted by Gasteiger charge is 2.10. The molecule has 0 spiro atoms. The van der Waals surface area contributed by atoms with E-state index >= 15 is 0 Å². The molecule has 0 saturated heterocycles. The standard InChI is InChI=1S/C11H18O4.CH4/c1-2-3-4-5-6-7-11(14)15-10(8-12)9-13;/h2-3,5-6,10,12-13H,4,7-9H2,1H3;1H4/b3-2-,6-5-;. The number of aliphatic hydroxyl groups excluding tert-OH is 2. The molecular weight excluding hydrogens is 208 g/mol. The number of esters is 1. The average molecular weight is 230 g/mol. The first kappa shape index (κ1) is 17.3. The Kier molecular flexibility index (Phi) is 12.9. The lowest BCUT2D eigenvalue weighted by Gasteiger charge is -2.11. The van der Waals surface area contributed by atoms with Gasteiger partial charge in [0.15, 0.2) is 0 Å². The Morgan fingerprint density at radius 2 is 1.88 bits per heavy atom. The first-order valence-corrected chi connectivity index (χ1v) is 4.92. The van der Waals surface area contributed by atoms with Gasteiger partial charge in [-0.15, -0.1) is 0 Å². The highest BCUT2D eigenvalue weighted by molar-refractivity contribution is 5.71. The van der Waals surface area contributed by atoms with Crippen LogP contribution in [0.15, 0.2) is 24.3 Å². The van der Waals surface area contributed by atoms with Crippen molar-refractivity contribution in [2.24, 2.45) is 0 Å². The summed E-state index contributed by atoms with van der Waals surface area (Å²) in [5.74, 6) is -0.445. The molecule has 0 bridgehead atoms. The van der Waals surface area contributed by atoms with Crippen LogP contribution in [0.5, 0.6) is 0 Å². The van der Waals surface area contributed by atoms with Gasteiger partial charge in [0, 0.05) is 0 Å². The van der Waals surface area contributed by atoms with Crippen molar-refractivity contribution in [1.29, 1.82) is 0 Å². The number of hydrogen-bond acceptors (Lipinski definition) is 4. The van der Waals surface area contributed by atoms with Crippen LogP contribution in [0.3, 0.4) is 0 Å². The summed E-state index contributed by atoms with van der Waals surface area (Å²) in [6.45, 7) is 1.21. The number of rotatable bonds is 7. The number of aliphatic hydroxyl groups is 2. The Labute approximate surface area is 97.2 Å². The average Bonchev–Trinajstić information content (AvgIpc) is 2.25. The Hall–Kier alpha value is -1.13. The molecule has 4 nitrogen and oxygen atoms in total. The van der Waals surface area contributed by atoms with Crippen LogP contribution in [-0.2, 0) is 9.53 Å². The molecule has 94 valence electrons. The SMILES string of the molecule is C.C/C=C\C/C=C\CC(=O)OC(CO)CO. The predicted octanol–water partition coefficient (Wildman–Crippen LogP) is 1.43. The summed E-state index contributed by atoms with van der Waals surface area (Å²) in [5.41, 5.74) is 0. The number of carbonyl (C=O) groups is 1. The molecule has 0 fully saturated rings. The molecule has 0 saturated carbocycles. The summed E-state index contributed by atoms with van der Waals surface area (Å²) >= 11 is 0. The largest absolute Gasteiger partial charge is 0.457 e. The molecule has 0 aliphatic rings. The van der Waals surface area contributed by atoms with Gasteiger partial charge >= 0.3 is 5.97 Å². The van der Waals surface area contributed by atoms with Gasteiger partial charge in [-0.1, -0.05) is 31.7 Å². The van der Waals surface area contributed by atoms with Crippen LogP contribution in [0.25, 0.3) is 0 Å². The van der Waals surface area contributed by atoms with Gasteiger partial charge in [-0.25, -0.2) is 0 Å². The third-order valence-electron chi connectivity index (χ3n) is 1.66. The topological polar surface area (TPSA) is 66.8 Å². The molecule has 0 aromatic heterocycles. The molecule has 0 aliphatic carbocycles. The van der Waals surface area contributed by atoms with Crippen LogP contribution >= 0.6 is 0 Å². The number of hydrogen-bond donors (Lipinski definition) is 2. The normalized spacial score (nSPS) is 11.0. The zero-order valence-electron chi connectivity index (χ0n) is 8.93. The third kappa shape index (κ3) is 9.43. The van der Waals surface area contributed by atoms with E-state index in [1.165, 1.54) is 0 Å². The van der Waals surface area contributed by atoms with Crippen molar-refractivity contribution in [3.8, 4) is 0 Å². The van der Waals surface area contributed by atoms with E-state index in [-0.39, 0.29) is 27.1 Å². The quantitative estimate of drug-likeness (QED) is 0.513. The Bertz CT molecular complexity index is 217. The molecule has 0 heterocycles. The van der Waals surface area contributed by atoms with Crippen molar-refractivity contribution in [2.75, 3.05) is 13.2 Å². The van der Waals surface area contributed by atoms with Gasteiger partial charge in [0.1, 0.15) is 6.10 Å². The fourth-order valence-corrected chi connectivity index (χ4v) is 0.857. The van der Waals surface area contributed by atoms with Gasteiger partial charge in [0.25, 0.3) is 0 Å². The van der Waals surface area contributed by atoms with Gasteiger partial charge in [-0.3, -0.25) is 4.79 Å². The summed E-state index contributed by atoms with van der Waals surface area (Å²) in [7, 11) is 0. The molecular formula is C12H22O4. The van der Waals surface area contributed by atoms with Gasteiger partial charge in [-0.2, -0.15) is 0 Å². The van der Waals surface area contributed by atoms with Crippen LogP contribution in [-0.4, -0.2) is 35.5 Å². The van der Waals surface area contributed by atoms with E-state index in [4.69, 9.17) is 14.9 Å². The minimum atomic E-state index is -0.804. The van der Waals surface area contributed by atoms with E-state index in [1.807, 2.05) is 25.2 Å². The second kappa shape index (κ2) is 11.9. The monoisotopic (exact) mass is 230 g/mol. The molecule has 0 aromatic carbocycles. The Morgan fingerprint density at radius 3 is 2.38 bits per heavy atom. The Morgan fingerprint density at radius 1 is 1.25 bits per heavy atom. The maximum atomic E-state index is 11.1. The highest BCUT2D eigenvalue weighted by atomic mass is 16.6. The fourth-order valence-electron chi connectivity index (χ4n) is 0.857. The minimum absolute atomic E-state index is 0. The second-order valence-electron chi connectivity index (χ2n) is 2.96. The molecule has 0 rings (SSSR count). The van der Waals surface area contributed by atoms with Crippen LogP contribution in [0.4, 0.5) is 0 Å². The molecule has 0 unspecified atom stereocenters. The van der Waals surface area contributed by atoms with E-state index in [1.54, 1.807) is 6.08 Å². The van der Waals surface area contributed by atoms with E-state index in [9.17, 15) is 4.79 Å². The van der Waals surface area contributed by atoms with Crippen LogP contribution in [0.1, 0.15) is 27.2 Å². The zero-order chi connectivity index (χ0) is 11.5. The summed E-state index contributed by atoms with van der Waals surface area (Å²) < 4.78 is 4.75. The molecule has 0 amide bonds. The highest BCUT2D eigenvalue weighted by Crippen LogP contribution is 1.96. The maximum Gasteiger partial charge on any atom is 0.310 e. The summed E-state index contributed by atoms with van der Waals surface area (Å²) in [4.78, 5) is 11.1. The lowest BCUT2D eigenvalue weighted by atomic mass is 10.3. The van der Waals surface area contributed by atoms with Gasteiger partial charge in [0.05, 0.1) is 19.6 Å². The van der Waals surface area contributed by atoms with Crippen molar-refractivity contribution < 1.29 is 19.7 Å². The zero-order valence-corrected chi connectivity index (χ0v) is 8.93. The third-order valence-corrected chi connectivity index (χ3v) is 1.66. The smallest absolute Gasteiger partial charge is 0.310 e. The Balaban J connectivity index is 0. The molecule has 0 atom stereocenters. The van der Waals surface area contributed by atoms with Crippen LogP contribution in [0.2, 0.25) is 0 Å². The van der Waals surface area contributed by atoms with Gasteiger partial charge < -0.3 is 14.9 Å². The first-order valence-electron chi connectivity index (χ1n) is 4.92. The predicted molar refractivity (Wildman–Crippen MR) is 64.0 cm³/mol. The molecule has 2 N–H and O–H groups in total. The molecule has 0 aliphatic heterocycles. The minimum Gasteiger partial charge on any atom is -0.457 e. The molecule has 16 heavy (non-hydrogen) atoms. The second-order valence-corrected chi connectivity index (χ2v) is 2.96. The van der Waals surface area contributed by atoms with E-state index in [0.29, 0.717) is 0 Å². The van der Waals surface area contributed by atoms with Crippen LogP contribution < -0.4 is 0 Å². The summed E-state index contributed by atoms with van der Waals surface area (Å²) in [5, 5.41) is 17.3. The summed E-state index contributed by atoms with van der Waals surface area (Å²) in [6, 6.07) is 0. The molecule has 0 aromatic rings. The van der Waals surface area contributed by atoms with Gasteiger partial charge in [0.2, 0.25) is 0 Å². The molecule has 4 heteroatoms. The fraction of sp³-hybridized carbons (Fsp3) is 0.583. The van der Waals surface area contributed by atoms with E-state index in [0.717, 1.165) is 6.42 Å². The van der Waals surface area contributed by atoms with Crippen molar-refractivity contribution in [2.45, 2.75) is 33.3 Å². The van der Waals surface area contributed by atoms with Crippen molar-refractivity contribution in [3.05, 3.63) is 24.3 Å². The van der Waals surface area contributed by atoms with Crippen molar-refractivity contribution in [3.63, 3.8) is 0 Å². The van der Waals surface area contributed by atoms with E-state index in [2.05, 4.69) is 0 Å². The number of allylic oxidation sites excluding steroid dienone is 3. The maximum absolute atomic E-state index is 11.1. The number of carbonyl (C=O) groups excluding carboxylic acids is 1.